The molecule has 0 bridgehead atoms. The fourth-order valence-electron chi connectivity index (χ4n) is 2.03. The maximum absolute atomic E-state index is 12.2. The number of halogens is 1. The third-order valence-corrected chi connectivity index (χ3v) is 4.60. The van der Waals surface area contributed by atoms with E-state index in [1.807, 2.05) is 24.3 Å². The molecule has 1 unspecified atom stereocenters. The second kappa shape index (κ2) is 7.82. The van der Waals surface area contributed by atoms with Gasteiger partial charge in [0.05, 0.1) is 24.9 Å². The minimum atomic E-state index is -0.904. The van der Waals surface area contributed by atoms with Crippen molar-refractivity contribution in [2.75, 3.05) is 25.4 Å². The minimum Gasteiger partial charge on any atom is -0.481 e. The Kier molecular flexibility index (Phi) is 6.08. The standard InChI is InChI=1S/C14H16BrNO4S/c15-10-1-3-12(4-2-10)21-9-13(17)16-5-6-20-11(8-16)7-14(18)19/h1-4,11H,5-9H2,(H,18,19). The molecule has 7 heteroatoms. The van der Waals surface area contributed by atoms with Crippen LogP contribution in [0.3, 0.4) is 0 Å². The van der Waals surface area contributed by atoms with Crippen LogP contribution >= 0.6 is 27.7 Å². The van der Waals surface area contributed by atoms with E-state index in [1.54, 1.807) is 4.90 Å². The lowest BCUT2D eigenvalue weighted by Gasteiger charge is -2.32. The van der Waals surface area contributed by atoms with Crippen molar-refractivity contribution >= 4 is 39.6 Å². The molecule has 0 aromatic heterocycles. The van der Waals surface area contributed by atoms with Gasteiger partial charge >= 0.3 is 5.97 Å². The van der Waals surface area contributed by atoms with E-state index in [0.29, 0.717) is 25.4 Å². The lowest BCUT2D eigenvalue weighted by atomic mass is 10.2. The van der Waals surface area contributed by atoms with Gasteiger partial charge in [-0.05, 0) is 24.3 Å². The fourth-order valence-corrected chi connectivity index (χ4v) is 3.10. The number of amides is 1. The van der Waals surface area contributed by atoms with Crippen molar-refractivity contribution in [1.29, 1.82) is 0 Å². The fraction of sp³-hybridized carbons (Fsp3) is 0.429. The highest BCUT2D eigenvalue weighted by atomic mass is 79.9. The normalized spacial score (nSPS) is 18.5. The molecule has 1 amide bonds. The van der Waals surface area contributed by atoms with E-state index in [1.165, 1.54) is 11.8 Å². The molecular formula is C14H16BrNO4S. The van der Waals surface area contributed by atoms with Crippen molar-refractivity contribution in [2.45, 2.75) is 17.4 Å². The molecule has 1 fully saturated rings. The number of carboxylic acid groups (broad SMARTS) is 1. The Hall–Kier alpha value is -1.05. The van der Waals surface area contributed by atoms with Crippen LogP contribution in [0, 0.1) is 0 Å². The Bertz CT molecular complexity index is 508. The van der Waals surface area contributed by atoms with E-state index in [9.17, 15) is 9.59 Å². The quantitative estimate of drug-likeness (QED) is 0.801. The van der Waals surface area contributed by atoms with Gasteiger partial charge in [-0.25, -0.2) is 0 Å². The summed E-state index contributed by atoms with van der Waals surface area (Å²) in [6.07, 6.45) is -0.471. The second-order valence-electron chi connectivity index (χ2n) is 4.67. The molecule has 5 nitrogen and oxygen atoms in total. The Morgan fingerprint density at radius 3 is 2.76 bits per heavy atom. The van der Waals surface area contributed by atoms with Crippen molar-refractivity contribution in [3.05, 3.63) is 28.7 Å². The van der Waals surface area contributed by atoms with Gasteiger partial charge in [-0.2, -0.15) is 0 Å². The summed E-state index contributed by atoms with van der Waals surface area (Å²) in [6.45, 7) is 1.27. The summed E-state index contributed by atoms with van der Waals surface area (Å²) in [5, 5.41) is 8.77. The number of nitrogens with zero attached hydrogens (tertiary/aromatic N) is 1. The van der Waals surface area contributed by atoms with Crippen LogP contribution in [-0.2, 0) is 14.3 Å². The highest BCUT2D eigenvalue weighted by Crippen LogP contribution is 2.21. The van der Waals surface area contributed by atoms with Crippen LogP contribution in [0.5, 0.6) is 0 Å². The smallest absolute Gasteiger partial charge is 0.306 e. The third kappa shape index (κ3) is 5.33. The second-order valence-corrected chi connectivity index (χ2v) is 6.64. The Morgan fingerprint density at radius 1 is 1.38 bits per heavy atom. The maximum Gasteiger partial charge on any atom is 0.306 e. The van der Waals surface area contributed by atoms with E-state index >= 15 is 0 Å². The van der Waals surface area contributed by atoms with E-state index in [-0.39, 0.29) is 12.3 Å². The molecule has 0 aliphatic carbocycles. The summed E-state index contributed by atoms with van der Waals surface area (Å²) < 4.78 is 6.36. The summed E-state index contributed by atoms with van der Waals surface area (Å²) in [5.41, 5.74) is 0. The van der Waals surface area contributed by atoms with Crippen LogP contribution in [0.2, 0.25) is 0 Å². The highest BCUT2D eigenvalue weighted by Gasteiger charge is 2.25. The zero-order valence-corrected chi connectivity index (χ0v) is 13.7. The zero-order valence-electron chi connectivity index (χ0n) is 11.3. The topological polar surface area (TPSA) is 66.8 Å². The number of carbonyl (C=O) groups excluding carboxylic acids is 1. The van der Waals surface area contributed by atoms with Gasteiger partial charge in [-0.1, -0.05) is 15.9 Å². The Balaban J connectivity index is 1.82. The molecule has 1 aliphatic rings. The summed E-state index contributed by atoms with van der Waals surface area (Å²) in [5.74, 6) is -0.540. The van der Waals surface area contributed by atoms with E-state index < -0.39 is 12.1 Å². The molecule has 2 rings (SSSR count). The number of thioether (sulfide) groups is 1. The van der Waals surface area contributed by atoms with Crippen molar-refractivity contribution in [3.8, 4) is 0 Å². The van der Waals surface area contributed by atoms with Gasteiger partial charge in [0.15, 0.2) is 0 Å². The Labute approximate surface area is 135 Å². The number of hydrogen-bond acceptors (Lipinski definition) is 4. The first kappa shape index (κ1) is 16.3. The first-order chi connectivity index (χ1) is 10.0. The van der Waals surface area contributed by atoms with Gasteiger partial charge in [0.1, 0.15) is 0 Å². The number of hydrogen-bond donors (Lipinski definition) is 1. The van der Waals surface area contributed by atoms with Gasteiger partial charge in [-0.3, -0.25) is 9.59 Å². The predicted molar refractivity (Wildman–Crippen MR) is 83.4 cm³/mol. The molecule has 1 aliphatic heterocycles. The minimum absolute atomic E-state index is 0.0154. The van der Waals surface area contributed by atoms with Crippen molar-refractivity contribution in [2.24, 2.45) is 0 Å². The third-order valence-electron chi connectivity index (χ3n) is 3.07. The first-order valence-corrected chi connectivity index (χ1v) is 8.32. The number of ether oxygens (including phenoxy) is 1. The largest absolute Gasteiger partial charge is 0.481 e. The first-order valence-electron chi connectivity index (χ1n) is 6.54. The lowest BCUT2D eigenvalue weighted by molar-refractivity contribution is -0.146. The summed E-state index contributed by atoms with van der Waals surface area (Å²) >= 11 is 4.84. The number of carbonyl (C=O) groups is 2. The lowest BCUT2D eigenvalue weighted by Crippen LogP contribution is -2.46. The van der Waals surface area contributed by atoms with Crippen LogP contribution in [0.25, 0.3) is 0 Å². The number of aliphatic carboxylic acids is 1. The highest BCUT2D eigenvalue weighted by molar-refractivity contribution is 9.10. The van der Waals surface area contributed by atoms with Crippen LogP contribution in [0.1, 0.15) is 6.42 Å². The average molecular weight is 374 g/mol. The molecular weight excluding hydrogens is 358 g/mol. The van der Waals surface area contributed by atoms with E-state index in [4.69, 9.17) is 9.84 Å². The van der Waals surface area contributed by atoms with E-state index in [0.717, 1.165) is 9.37 Å². The van der Waals surface area contributed by atoms with Crippen LogP contribution in [0.4, 0.5) is 0 Å². The molecule has 114 valence electrons. The van der Waals surface area contributed by atoms with E-state index in [2.05, 4.69) is 15.9 Å². The molecule has 1 aromatic rings. The van der Waals surface area contributed by atoms with Gasteiger partial charge in [0, 0.05) is 22.5 Å². The number of benzene rings is 1. The molecule has 1 atom stereocenters. The summed E-state index contributed by atoms with van der Waals surface area (Å²) in [7, 11) is 0. The molecule has 1 saturated heterocycles. The summed E-state index contributed by atoms with van der Waals surface area (Å²) in [6, 6.07) is 7.78. The summed E-state index contributed by atoms with van der Waals surface area (Å²) in [4.78, 5) is 25.6. The van der Waals surface area contributed by atoms with Crippen LogP contribution in [0.15, 0.2) is 33.6 Å². The molecule has 0 radical (unpaired) electrons. The van der Waals surface area contributed by atoms with Gasteiger partial charge < -0.3 is 14.7 Å². The SMILES string of the molecule is O=C(O)CC1CN(C(=O)CSc2ccc(Br)cc2)CCO1. The van der Waals surface area contributed by atoms with Crippen molar-refractivity contribution in [3.63, 3.8) is 0 Å². The monoisotopic (exact) mass is 373 g/mol. The molecule has 1 heterocycles. The van der Waals surface area contributed by atoms with Gasteiger partial charge in [-0.15, -0.1) is 11.8 Å². The average Bonchev–Trinajstić information content (AvgIpc) is 2.46. The van der Waals surface area contributed by atoms with Crippen LogP contribution < -0.4 is 0 Å². The molecule has 21 heavy (non-hydrogen) atoms. The van der Waals surface area contributed by atoms with Gasteiger partial charge in [0.25, 0.3) is 0 Å². The van der Waals surface area contributed by atoms with Gasteiger partial charge in [0.2, 0.25) is 5.91 Å². The maximum atomic E-state index is 12.2. The number of morpholine rings is 1. The van der Waals surface area contributed by atoms with Crippen LogP contribution in [-0.4, -0.2) is 53.4 Å². The number of carboxylic acids is 1. The Morgan fingerprint density at radius 2 is 2.10 bits per heavy atom. The molecule has 1 N–H and O–H groups in total. The predicted octanol–water partition coefficient (Wildman–Crippen LogP) is 2.24. The molecule has 0 spiro atoms. The number of rotatable bonds is 5. The van der Waals surface area contributed by atoms with Crippen molar-refractivity contribution < 1.29 is 19.4 Å². The zero-order chi connectivity index (χ0) is 15.2. The van der Waals surface area contributed by atoms with Crippen molar-refractivity contribution in [1.82, 2.24) is 4.90 Å². The molecule has 0 saturated carbocycles. The molecule has 1 aromatic carbocycles.